The van der Waals surface area contributed by atoms with Crippen molar-refractivity contribution in [2.45, 2.75) is 25.4 Å². The molecule has 3 rings (SSSR count). The number of carbonyl (C=O) groups excluding carboxylic acids is 1. The maximum atomic E-state index is 13.8. The van der Waals surface area contributed by atoms with E-state index in [2.05, 4.69) is 0 Å². The lowest BCUT2D eigenvalue weighted by molar-refractivity contribution is -0.138. The highest BCUT2D eigenvalue weighted by molar-refractivity contribution is 5.80. The van der Waals surface area contributed by atoms with Crippen LogP contribution in [0.1, 0.15) is 19.3 Å². The van der Waals surface area contributed by atoms with Crippen LogP contribution in [0.4, 0.5) is 10.1 Å². The first-order chi connectivity index (χ1) is 10.2. The largest absolute Gasteiger partial charge is 0.392 e. The molecular weight excluding hydrogens is 271 g/mol. The zero-order chi connectivity index (χ0) is 14.8. The molecule has 2 atom stereocenters. The Morgan fingerprint density at radius 3 is 2.48 bits per heavy atom. The van der Waals surface area contributed by atoms with Crippen LogP contribution in [0.3, 0.4) is 0 Å². The van der Waals surface area contributed by atoms with Crippen molar-refractivity contribution in [3.8, 4) is 0 Å². The van der Waals surface area contributed by atoms with E-state index in [1.54, 1.807) is 12.1 Å². The molecule has 1 aliphatic carbocycles. The fourth-order valence-electron chi connectivity index (χ4n) is 3.34. The minimum atomic E-state index is -0.484. The van der Waals surface area contributed by atoms with Crippen LogP contribution >= 0.6 is 0 Å². The van der Waals surface area contributed by atoms with Gasteiger partial charge in [-0.25, -0.2) is 4.39 Å². The second kappa shape index (κ2) is 6.02. The second-order valence-corrected chi connectivity index (χ2v) is 5.87. The van der Waals surface area contributed by atoms with Crippen molar-refractivity contribution in [2.24, 2.45) is 5.92 Å². The SMILES string of the molecule is O=C(C1CCCC1O)N1CCN(c2ccccc2F)CC1. The molecule has 5 heteroatoms. The van der Waals surface area contributed by atoms with Crippen LogP contribution in [0, 0.1) is 11.7 Å². The van der Waals surface area contributed by atoms with Gasteiger partial charge in [-0.1, -0.05) is 12.1 Å². The molecule has 1 saturated heterocycles. The van der Waals surface area contributed by atoms with E-state index >= 15 is 0 Å². The summed E-state index contributed by atoms with van der Waals surface area (Å²) in [4.78, 5) is 16.2. The van der Waals surface area contributed by atoms with E-state index in [-0.39, 0.29) is 17.6 Å². The number of aliphatic hydroxyl groups is 1. The number of aliphatic hydroxyl groups excluding tert-OH is 1. The number of carbonyl (C=O) groups is 1. The van der Waals surface area contributed by atoms with E-state index < -0.39 is 6.10 Å². The Morgan fingerprint density at radius 1 is 1.14 bits per heavy atom. The zero-order valence-electron chi connectivity index (χ0n) is 12.0. The fraction of sp³-hybridized carbons (Fsp3) is 0.562. The summed E-state index contributed by atoms with van der Waals surface area (Å²) in [6, 6.07) is 6.74. The average Bonchev–Trinajstić information content (AvgIpc) is 2.93. The van der Waals surface area contributed by atoms with Crippen LogP contribution in [0.15, 0.2) is 24.3 Å². The molecular formula is C16H21FN2O2. The van der Waals surface area contributed by atoms with Gasteiger partial charge in [0.05, 0.1) is 17.7 Å². The van der Waals surface area contributed by atoms with Gasteiger partial charge in [-0.3, -0.25) is 4.79 Å². The smallest absolute Gasteiger partial charge is 0.228 e. The lowest BCUT2D eigenvalue weighted by Gasteiger charge is -2.37. The van der Waals surface area contributed by atoms with E-state index in [1.807, 2.05) is 15.9 Å². The van der Waals surface area contributed by atoms with Gasteiger partial charge in [0.25, 0.3) is 0 Å². The van der Waals surface area contributed by atoms with Gasteiger partial charge in [-0.05, 0) is 31.4 Å². The molecule has 1 amide bonds. The molecule has 0 bridgehead atoms. The highest BCUT2D eigenvalue weighted by Gasteiger charge is 2.35. The number of para-hydroxylation sites is 1. The monoisotopic (exact) mass is 292 g/mol. The summed E-state index contributed by atoms with van der Waals surface area (Å²) in [5.41, 5.74) is 0.602. The molecule has 1 N–H and O–H groups in total. The quantitative estimate of drug-likeness (QED) is 0.901. The summed E-state index contributed by atoms with van der Waals surface area (Å²) in [5.74, 6) is -0.387. The van der Waals surface area contributed by atoms with E-state index in [0.717, 1.165) is 19.3 Å². The molecule has 4 nitrogen and oxygen atoms in total. The molecule has 114 valence electrons. The third-order valence-electron chi connectivity index (χ3n) is 4.58. The maximum absolute atomic E-state index is 13.8. The number of anilines is 1. The number of benzene rings is 1. The molecule has 2 aliphatic rings. The Bertz CT molecular complexity index is 515. The number of hydrogen-bond acceptors (Lipinski definition) is 3. The van der Waals surface area contributed by atoms with Crippen molar-refractivity contribution in [3.05, 3.63) is 30.1 Å². The summed E-state index contributed by atoms with van der Waals surface area (Å²) in [6.07, 6.45) is 1.95. The number of hydrogen-bond donors (Lipinski definition) is 1. The number of halogens is 1. The molecule has 0 aromatic heterocycles. The Balaban J connectivity index is 1.60. The van der Waals surface area contributed by atoms with E-state index in [9.17, 15) is 14.3 Å². The van der Waals surface area contributed by atoms with Crippen LogP contribution in [-0.2, 0) is 4.79 Å². The summed E-state index contributed by atoms with van der Waals surface area (Å²) in [7, 11) is 0. The normalized spacial score (nSPS) is 26.2. The third kappa shape index (κ3) is 2.88. The molecule has 2 fully saturated rings. The number of rotatable bonds is 2. The van der Waals surface area contributed by atoms with Gasteiger partial charge < -0.3 is 14.9 Å². The first-order valence-corrected chi connectivity index (χ1v) is 7.63. The predicted octanol–water partition coefficient (Wildman–Crippen LogP) is 1.64. The molecule has 1 aromatic rings. The minimum absolute atomic E-state index is 0.0631. The van der Waals surface area contributed by atoms with Crippen molar-refractivity contribution < 1.29 is 14.3 Å². The second-order valence-electron chi connectivity index (χ2n) is 5.87. The summed E-state index contributed by atoms with van der Waals surface area (Å²) in [5, 5.41) is 9.85. The highest BCUT2D eigenvalue weighted by atomic mass is 19.1. The zero-order valence-corrected chi connectivity index (χ0v) is 12.0. The van der Waals surface area contributed by atoms with Crippen LogP contribution in [0.25, 0.3) is 0 Å². The summed E-state index contributed by atoms with van der Waals surface area (Å²) < 4.78 is 13.8. The van der Waals surface area contributed by atoms with Gasteiger partial charge in [0.15, 0.2) is 0 Å². The number of nitrogens with zero attached hydrogens (tertiary/aromatic N) is 2. The van der Waals surface area contributed by atoms with Crippen molar-refractivity contribution in [2.75, 3.05) is 31.1 Å². The van der Waals surface area contributed by atoms with Gasteiger partial charge in [-0.15, -0.1) is 0 Å². The minimum Gasteiger partial charge on any atom is -0.392 e. The molecule has 0 spiro atoms. The topological polar surface area (TPSA) is 43.8 Å². The first-order valence-electron chi connectivity index (χ1n) is 7.63. The van der Waals surface area contributed by atoms with Crippen molar-refractivity contribution in [1.29, 1.82) is 0 Å². The van der Waals surface area contributed by atoms with Gasteiger partial charge in [0, 0.05) is 26.2 Å². The molecule has 2 unspecified atom stereocenters. The molecule has 1 saturated carbocycles. The van der Waals surface area contributed by atoms with Gasteiger partial charge in [0.2, 0.25) is 5.91 Å². The fourth-order valence-corrected chi connectivity index (χ4v) is 3.34. The van der Waals surface area contributed by atoms with Crippen LogP contribution in [0.2, 0.25) is 0 Å². The third-order valence-corrected chi connectivity index (χ3v) is 4.58. The van der Waals surface area contributed by atoms with Crippen molar-refractivity contribution >= 4 is 11.6 Å². The van der Waals surface area contributed by atoms with Crippen LogP contribution in [-0.4, -0.2) is 48.2 Å². The summed E-state index contributed by atoms with van der Waals surface area (Å²) >= 11 is 0. The molecule has 21 heavy (non-hydrogen) atoms. The van der Waals surface area contributed by atoms with Crippen molar-refractivity contribution in [1.82, 2.24) is 4.90 Å². The Kier molecular flexibility index (Phi) is 4.10. The maximum Gasteiger partial charge on any atom is 0.228 e. The Hall–Kier alpha value is -1.62. The molecule has 1 aromatic carbocycles. The molecule has 0 radical (unpaired) electrons. The number of piperazine rings is 1. The lowest BCUT2D eigenvalue weighted by atomic mass is 10.0. The Morgan fingerprint density at radius 2 is 1.86 bits per heavy atom. The van der Waals surface area contributed by atoms with Crippen LogP contribution in [0.5, 0.6) is 0 Å². The summed E-state index contributed by atoms with van der Waals surface area (Å²) in [6.45, 7) is 2.46. The Labute approximate surface area is 124 Å². The van der Waals surface area contributed by atoms with E-state index in [4.69, 9.17) is 0 Å². The van der Waals surface area contributed by atoms with Crippen LogP contribution < -0.4 is 4.90 Å². The highest BCUT2D eigenvalue weighted by Crippen LogP contribution is 2.28. The van der Waals surface area contributed by atoms with E-state index in [1.165, 1.54) is 6.07 Å². The number of amides is 1. The van der Waals surface area contributed by atoms with Gasteiger partial charge in [-0.2, -0.15) is 0 Å². The van der Waals surface area contributed by atoms with Gasteiger partial charge >= 0.3 is 0 Å². The standard InChI is InChI=1S/C16H21FN2O2/c17-13-5-1-2-6-14(13)18-8-10-19(11-9-18)16(21)12-4-3-7-15(12)20/h1-2,5-6,12,15,20H,3-4,7-11H2. The predicted molar refractivity (Wildman–Crippen MR) is 78.5 cm³/mol. The lowest BCUT2D eigenvalue weighted by Crippen LogP contribution is -2.51. The van der Waals surface area contributed by atoms with Gasteiger partial charge in [0.1, 0.15) is 5.82 Å². The molecule has 1 heterocycles. The molecule has 1 aliphatic heterocycles. The van der Waals surface area contributed by atoms with Crippen molar-refractivity contribution in [3.63, 3.8) is 0 Å². The van der Waals surface area contributed by atoms with E-state index in [0.29, 0.717) is 31.9 Å². The average molecular weight is 292 g/mol. The first kappa shape index (κ1) is 14.3.